The van der Waals surface area contributed by atoms with Gasteiger partial charge in [0.1, 0.15) is 29.0 Å². The molecule has 15 heavy (non-hydrogen) atoms. The van der Waals surface area contributed by atoms with Gasteiger partial charge in [0.05, 0.1) is 7.11 Å². The smallest absolute Gasteiger partial charge is 0.342 e. The van der Waals surface area contributed by atoms with Crippen LogP contribution in [-0.4, -0.2) is 13.1 Å². The first-order valence-electron chi connectivity index (χ1n) is 4.23. The van der Waals surface area contributed by atoms with Crippen molar-refractivity contribution in [2.75, 3.05) is 7.11 Å². The summed E-state index contributed by atoms with van der Waals surface area (Å²) >= 11 is 0. The average molecular weight is 204 g/mol. The van der Waals surface area contributed by atoms with Gasteiger partial charge in [-0.3, -0.25) is 0 Å². The number of hydrogen-bond acceptors (Lipinski definition) is 5. The van der Waals surface area contributed by atoms with E-state index in [9.17, 15) is 4.79 Å². The maximum Gasteiger partial charge on any atom is 0.342 e. The number of carbonyl (C=O) groups excluding carboxylic acids is 1. The fourth-order valence-electron chi connectivity index (χ4n) is 1.23. The van der Waals surface area contributed by atoms with Gasteiger partial charge >= 0.3 is 5.97 Å². The second-order valence-electron chi connectivity index (χ2n) is 2.67. The lowest BCUT2D eigenvalue weighted by Crippen LogP contribution is -2.05. The number of hydrogen-bond donors (Lipinski definition) is 0. The average Bonchev–Trinajstić information content (AvgIpc) is 2.65. The summed E-state index contributed by atoms with van der Waals surface area (Å²) < 4.78 is 9.59. The Morgan fingerprint density at radius 1 is 1.47 bits per heavy atom. The SMILES string of the molecule is CCc1oc(C#N)c(C#N)c1C(=O)OC. The van der Waals surface area contributed by atoms with Gasteiger partial charge in [0.15, 0.2) is 0 Å². The van der Waals surface area contributed by atoms with Crippen molar-refractivity contribution < 1.29 is 13.9 Å². The van der Waals surface area contributed by atoms with E-state index in [0.29, 0.717) is 12.2 Å². The highest BCUT2D eigenvalue weighted by Crippen LogP contribution is 2.23. The molecule has 0 fully saturated rings. The molecule has 0 amide bonds. The molecule has 0 radical (unpaired) electrons. The predicted octanol–water partition coefficient (Wildman–Crippen LogP) is 1.37. The van der Waals surface area contributed by atoms with Crippen LogP contribution in [0.15, 0.2) is 4.42 Å². The van der Waals surface area contributed by atoms with Crippen LogP contribution in [-0.2, 0) is 11.2 Å². The van der Waals surface area contributed by atoms with Crippen LogP contribution < -0.4 is 0 Å². The highest BCUT2D eigenvalue weighted by atomic mass is 16.5. The zero-order valence-electron chi connectivity index (χ0n) is 8.33. The van der Waals surface area contributed by atoms with Crippen molar-refractivity contribution >= 4 is 5.97 Å². The molecule has 5 heteroatoms. The largest absolute Gasteiger partial charge is 0.465 e. The van der Waals surface area contributed by atoms with Crippen molar-refractivity contribution in [3.63, 3.8) is 0 Å². The van der Waals surface area contributed by atoms with E-state index in [2.05, 4.69) is 4.74 Å². The predicted molar refractivity (Wildman–Crippen MR) is 48.9 cm³/mol. The Balaban J connectivity index is 3.47. The van der Waals surface area contributed by atoms with Gasteiger partial charge in [-0.15, -0.1) is 0 Å². The van der Waals surface area contributed by atoms with Gasteiger partial charge < -0.3 is 9.15 Å². The Hall–Kier alpha value is -2.27. The molecule has 0 spiro atoms. The molecule has 0 aliphatic carbocycles. The van der Waals surface area contributed by atoms with Crippen LogP contribution in [0, 0.1) is 22.7 Å². The van der Waals surface area contributed by atoms with E-state index in [-0.39, 0.29) is 16.9 Å². The van der Waals surface area contributed by atoms with Crippen molar-refractivity contribution in [2.24, 2.45) is 0 Å². The van der Waals surface area contributed by atoms with Crippen LogP contribution in [0.5, 0.6) is 0 Å². The van der Waals surface area contributed by atoms with Gasteiger partial charge in [-0.2, -0.15) is 10.5 Å². The third-order valence-corrected chi connectivity index (χ3v) is 1.91. The second-order valence-corrected chi connectivity index (χ2v) is 2.67. The van der Waals surface area contributed by atoms with Crippen molar-refractivity contribution in [2.45, 2.75) is 13.3 Å². The molecular formula is C10H8N2O3. The summed E-state index contributed by atoms with van der Waals surface area (Å²) in [6.07, 6.45) is 0.417. The van der Waals surface area contributed by atoms with Crippen LogP contribution in [0.1, 0.15) is 34.4 Å². The van der Waals surface area contributed by atoms with Crippen LogP contribution in [0.25, 0.3) is 0 Å². The summed E-state index contributed by atoms with van der Waals surface area (Å²) in [5.74, 6) is -0.502. The van der Waals surface area contributed by atoms with E-state index in [4.69, 9.17) is 14.9 Å². The number of carbonyl (C=O) groups is 1. The molecule has 0 saturated carbocycles. The van der Waals surface area contributed by atoms with Crippen molar-refractivity contribution in [1.82, 2.24) is 0 Å². The maximum atomic E-state index is 11.4. The minimum absolute atomic E-state index is 0.0544. The lowest BCUT2D eigenvalue weighted by atomic mass is 10.1. The molecule has 5 nitrogen and oxygen atoms in total. The normalized spacial score (nSPS) is 9.07. The zero-order valence-corrected chi connectivity index (χ0v) is 8.33. The van der Waals surface area contributed by atoms with Gasteiger partial charge in [-0.25, -0.2) is 4.79 Å². The molecule has 0 aliphatic rings. The van der Waals surface area contributed by atoms with E-state index < -0.39 is 5.97 Å². The first-order valence-corrected chi connectivity index (χ1v) is 4.23. The van der Waals surface area contributed by atoms with E-state index in [1.165, 1.54) is 7.11 Å². The lowest BCUT2D eigenvalue weighted by molar-refractivity contribution is 0.0598. The summed E-state index contributed by atoms with van der Waals surface area (Å²) in [7, 11) is 1.21. The van der Waals surface area contributed by atoms with E-state index >= 15 is 0 Å². The van der Waals surface area contributed by atoms with Crippen molar-refractivity contribution in [1.29, 1.82) is 10.5 Å². The Bertz CT molecular complexity index is 474. The third kappa shape index (κ3) is 1.68. The number of aryl methyl sites for hydroxylation is 1. The Kier molecular flexibility index (Phi) is 3.10. The minimum atomic E-state index is -0.659. The highest BCUT2D eigenvalue weighted by molar-refractivity contribution is 5.94. The van der Waals surface area contributed by atoms with Crippen LogP contribution in [0.2, 0.25) is 0 Å². The standard InChI is InChI=1S/C10H8N2O3/c1-3-7-9(10(13)14-2)6(4-11)8(5-12)15-7/h3H2,1-2H3. The van der Waals surface area contributed by atoms with Gasteiger partial charge in [0, 0.05) is 6.42 Å². The van der Waals surface area contributed by atoms with Crippen LogP contribution in [0.4, 0.5) is 0 Å². The first-order chi connectivity index (χ1) is 7.19. The van der Waals surface area contributed by atoms with E-state index in [1.807, 2.05) is 0 Å². The molecule has 0 atom stereocenters. The number of furan rings is 1. The van der Waals surface area contributed by atoms with Crippen LogP contribution >= 0.6 is 0 Å². The number of nitriles is 2. The fourth-order valence-corrected chi connectivity index (χ4v) is 1.23. The molecule has 1 rings (SSSR count). The number of methoxy groups -OCH3 is 1. The monoisotopic (exact) mass is 204 g/mol. The summed E-state index contributed by atoms with van der Waals surface area (Å²) in [5, 5.41) is 17.5. The maximum absolute atomic E-state index is 11.4. The number of ether oxygens (including phenoxy) is 1. The second kappa shape index (κ2) is 4.30. The van der Waals surface area contributed by atoms with E-state index in [0.717, 1.165) is 0 Å². The van der Waals surface area contributed by atoms with Crippen LogP contribution in [0.3, 0.4) is 0 Å². The van der Waals surface area contributed by atoms with Gasteiger partial charge in [0.2, 0.25) is 5.76 Å². The summed E-state index contributed by atoms with van der Waals surface area (Å²) in [5.41, 5.74) is 0.000231. The quantitative estimate of drug-likeness (QED) is 0.679. The molecule has 1 aromatic rings. The molecular weight excluding hydrogens is 196 g/mol. The summed E-state index contributed by atoms with van der Waals surface area (Å²) in [4.78, 5) is 11.4. The number of esters is 1. The molecule has 0 bridgehead atoms. The Labute approximate surface area is 86.5 Å². The highest BCUT2D eigenvalue weighted by Gasteiger charge is 2.25. The number of rotatable bonds is 2. The Morgan fingerprint density at radius 3 is 2.53 bits per heavy atom. The lowest BCUT2D eigenvalue weighted by Gasteiger charge is -1.97. The molecule has 0 saturated heterocycles. The van der Waals surface area contributed by atoms with Gasteiger partial charge in [0.25, 0.3) is 0 Å². The molecule has 0 aliphatic heterocycles. The molecule has 1 heterocycles. The Morgan fingerprint density at radius 2 is 2.13 bits per heavy atom. The minimum Gasteiger partial charge on any atom is -0.465 e. The van der Waals surface area contributed by atoms with Crippen molar-refractivity contribution in [3.8, 4) is 12.1 Å². The van der Waals surface area contributed by atoms with Crippen molar-refractivity contribution in [3.05, 3.63) is 22.6 Å². The third-order valence-electron chi connectivity index (χ3n) is 1.91. The fraction of sp³-hybridized carbons (Fsp3) is 0.300. The first kappa shape index (κ1) is 10.8. The molecule has 1 aromatic heterocycles. The number of nitrogens with zero attached hydrogens (tertiary/aromatic N) is 2. The van der Waals surface area contributed by atoms with E-state index in [1.54, 1.807) is 19.1 Å². The molecule has 76 valence electrons. The summed E-state index contributed by atoms with van der Waals surface area (Å²) in [6.45, 7) is 1.76. The van der Waals surface area contributed by atoms with Gasteiger partial charge in [-0.05, 0) is 0 Å². The molecule has 0 aromatic carbocycles. The molecule has 0 unspecified atom stereocenters. The molecule has 0 N–H and O–H groups in total. The topological polar surface area (TPSA) is 87.0 Å². The zero-order chi connectivity index (χ0) is 11.4. The van der Waals surface area contributed by atoms with Gasteiger partial charge in [-0.1, -0.05) is 6.92 Å². The summed E-state index contributed by atoms with van der Waals surface area (Å²) in [6, 6.07) is 3.49.